The summed E-state index contributed by atoms with van der Waals surface area (Å²) in [5.74, 6) is 0.631. The van der Waals surface area contributed by atoms with Crippen LogP contribution >= 0.6 is 0 Å². The maximum atomic E-state index is 12.3. The number of hydrogen-bond donors (Lipinski definition) is 1. The number of hydrogen-bond acceptors (Lipinski definition) is 3. The molecule has 0 heterocycles. The van der Waals surface area contributed by atoms with Crippen LogP contribution in [0.5, 0.6) is 5.75 Å². The topological polar surface area (TPSA) is 62.1 Å². The highest BCUT2D eigenvalue weighted by atomic mass is 16.5. The molecule has 4 heteroatoms. The Morgan fingerprint density at radius 1 is 1.40 bits per heavy atom. The molecule has 1 saturated carbocycles. The summed E-state index contributed by atoms with van der Waals surface area (Å²) in [5, 5.41) is 12.3. The van der Waals surface area contributed by atoms with Gasteiger partial charge in [-0.15, -0.1) is 0 Å². The first kappa shape index (κ1) is 14.4. The van der Waals surface area contributed by atoms with Crippen molar-refractivity contribution in [2.24, 2.45) is 5.41 Å². The first-order valence-corrected chi connectivity index (χ1v) is 7.03. The molecule has 1 amide bonds. The van der Waals surface area contributed by atoms with Gasteiger partial charge in [-0.3, -0.25) is 4.79 Å². The molecule has 0 radical (unpaired) electrons. The number of benzene rings is 1. The highest BCUT2D eigenvalue weighted by Crippen LogP contribution is 2.35. The maximum absolute atomic E-state index is 12.3. The smallest absolute Gasteiger partial charge is 0.240 e. The first-order valence-electron chi connectivity index (χ1n) is 7.03. The second-order valence-electron chi connectivity index (χ2n) is 5.29. The Morgan fingerprint density at radius 2 is 2.15 bits per heavy atom. The molecule has 0 unspecified atom stereocenters. The fourth-order valence-corrected chi connectivity index (χ4v) is 2.68. The van der Waals surface area contributed by atoms with Gasteiger partial charge >= 0.3 is 0 Å². The van der Waals surface area contributed by atoms with Gasteiger partial charge in [-0.1, -0.05) is 31.4 Å². The van der Waals surface area contributed by atoms with E-state index in [-0.39, 0.29) is 5.91 Å². The number of nitrogens with zero attached hydrogens (tertiary/aromatic N) is 1. The lowest BCUT2D eigenvalue weighted by molar-refractivity contribution is -0.129. The Morgan fingerprint density at radius 3 is 2.80 bits per heavy atom. The molecule has 0 aliphatic heterocycles. The molecule has 1 N–H and O–H groups in total. The van der Waals surface area contributed by atoms with Crippen LogP contribution in [0.15, 0.2) is 24.3 Å². The Bertz CT molecular complexity index is 513. The molecule has 106 valence electrons. The van der Waals surface area contributed by atoms with E-state index in [4.69, 9.17) is 4.74 Å². The Hall–Kier alpha value is -2.02. The van der Waals surface area contributed by atoms with Gasteiger partial charge in [0, 0.05) is 6.54 Å². The third kappa shape index (κ3) is 3.11. The van der Waals surface area contributed by atoms with Gasteiger partial charge in [0.1, 0.15) is 11.2 Å². The summed E-state index contributed by atoms with van der Waals surface area (Å²) < 4.78 is 5.15. The van der Waals surface area contributed by atoms with Crippen molar-refractivity contribution in [2.45, 2.75) is 38.6 Å². The number of rotatable bonds is 4. The van der Waals surface area contributed by atoms with Crippen LogP contribution in [-0.2, 0) is 11.3 Å². The van der Waals surface area contributed by atoms with Crippen molar-refractivity contribution in [1.82, 2.24) is 5.32 Å². The molecule has 20 heavy (non-hydrogen) atoms. The lowest BCUT2D eigenvalue weighted by Gasteiger charge is -2.29. The van der Waals surface area contributed by atoms with Crippen molar-refractivity contribution < 1.29 is 9.53 Å². The van der Waals surface area contributed by atoms with Crippen LogP contribution in [0.2, 0.25) is 0 Å². The summed E-state index contributed by atoms with van der Waals surface area (Å²) in [4.78, 5) is 12.3. The number of ether oxygens (including phenoxy) is 1. The fourth-order valence-electron chi connectivity index (χ4n) is 2.68. The van der Waals surface area contributed by atoms with E-state index in [1.165, 1.54) is 0 Å². The molecular formula is C16H20N2O2. The lowest BCUT2D eigenvalue weighted by atomic mass is 9.74. The molecule has 1 aliphatic carbocycles. The first-order chi connectivity index (χ1) is 9.70. The van der Waals surface area contributed by atoms with Crippen molar-refractivity contribution >= 4 is 5.91 Å². The van der Waals surface area contributed by atoms with E-state index in [9.17, 15) is 10.1 Å². The van der Waals surface area contributed by atoms with Crippen molar-refractivity contribution in [1.29, 1.82) is 5.26 Å². The quantitative estimate of drug-likeness (QED) is 0.916. The summed E-state index contributed by atoms with van der Waals surface area (Å²) >= 11 is 0. The van der Waals surface area contributed by atoms with E-state index in [1.807, 2.05) is 24.3 Å². The Balaban J connectivity index is 1.99. The summed E-state index contributed by atoms with van der Waals surface area (Å²) in [5.41, 5.74) is 0.151. The fraction of sp³-hybridized carbons (Fsp3) is 0.500. The average Bonchev–Trinajstić information content (AvgIpc) is 2.53. The van der Waals surface area contributed by atoms with E-state index in [1.54, 1.807) is 7.11 Å². The monoisotopic (exact) mass is 272 g/mol. The molecule has 4 nitrogen and oxygen atoms in total. The van der Waals surface area contributed by atoms with Gasteiger partial charge in [-0.25, -0.2) is 0 Å². The van der Waals surface area contributed by atoms with Crippen LogP contribution in [0.25, 0.3) is 0 Å². The van der Waals surface area contributed by atoms with Crippen LogP contribution in [0.1, 0.15) is 37.7 Å². The molecule has 1 aromatic rings. The van der Waals surface area contributed by atoms with Gasteiger partial charge in [0.2, 0.25) is 5.91 Å². The zero-order valence-corrected chi connectivity index (χ0v) is 11.8. The minimum absolute atomic E-state index is 0.137. The van der Waals surface area contributed by atoms with Gasteiger partial charge in [-0.05, 0) is 30.5 Å². The average molecular weight is 272 g/mol. The highest BCUT2D eigenvalue weighted by molar-refractivity contribution is 5.85. The second-order valence-corrected chi connectivity index (χ2v) is 5.29. The number of methoxy groups -OCH3 is 1. The summed E-state index contributed by atoms with van der Waals surface area (Å²) in [6, 6.07) is 9.82. The number of carbonyl (C=O) groups excluding carboxylic acids is 1. The third-order valence-corrected chi connectivity index (χ3v) is 3.94. The van der Waals surface area contributed by atoms with Gasteiger partial charge in [0.15, 0.2) is 0 Å². The standard InChI is InChI=1S/C16H20N2O2/c1-20-14-7-5-6-13(10-14)11-18-15(19)16(12-17)8-3-2-4-9-16/h5-7,10H,2-4,8-9,11H2,1H3,(H,18,19). The zero-order valence-electron chi connectivity index (χ0n) is 11.8. The van der Waals surface area contributed by atoms with Gasteiger partial charge < -0.3 is 10.1 Å². The molecule has 0 atom stereocenters. The molecule has 1 fully saturated rings. The van der Waals surface area contributed by atoms with Gasteiger partial charge in [0.05, 0.1) is 13.2 Å². The van der Waals surface area contributed by atoms with Crippen molar-refractivity contribution in [3.63, 3.8) is 0 Å². The van der Waals surface area contributed by atoms with Crippen LogP contribution in [0.3, 0.4) is 0 Å². The second kappa shape index (κ2) is 6.42. The predicted molar refractivity (Wildman–Crippen MR) is 76.0 cm³/mol. The van der Waals surface area contributed by atoms with E-state index >= 15 is 0 Å². The largest absolute Gasteiger partial charge is 0.497 e. The van der Waals surface area contributed by atoms with Crippen molar-refractivity contribution in [3.05, 3.63) is 29.8 Å². The molecule has 0 saturated heterocycles. The number of nitrogens with one attached hydrogen (secondary N) is 1. The Labute approximate surface area is 119 Å². The molecule has 1 aliphatic rings. The molecule has 1 aromatic carbocycles. The molecule has 2 rings (SSSR count). The van der Waals surface area contributed by atoms with Crippen LogP contribution < -0.4 is 10.1 Å². The summed E-state index contributed by atoms with van der Waals surface area (Å²) in [7, 11) is 1.62. The Kier molecular flexibility index (Phi) is 4.62. The van der Waals surface area contributed by atoms with E-state index < -0.39 is 5.41 Å². The SMILES string of the molecule is COc1cccc(CNC(=O)C2(C#N)CCCCC2)c1. The van der Waals surface area contributed by atoms with Crippen LogP contribution in [0, 0.1) is 16.7 Å². The summed E-state index contributed by atoms with van der Waals surface area (Å²) in [6.45, 7) is 0.430. The van der Waals surface area contributed by atoms with Crippen LogP contribution in [0.4, 0.5) is 0 Å². The summed E-state index contributed by atoms with van der Waals surface area (Å²) in [6.07, 6.45) is 4.38. The van der Waals surface area contributed by atoms with E-state index in [0.29, 0.717) is 19.4 Å². The van der Waals surface area contributed by atoms with Crippen molar-refractivity contribution in [2.75, 3.05) is 7.11 Å². The van der Waals surface area contributed by atoms with Gasteiger partial charge in [0.25, 0.3) is 0 Å². The normalized spacial score (nSPS) is 17.0. The van der Waals surface area contributed by atoms with E-state index in [0.717, 1.165) is 30.6 Å². The predicted octanol–water partition coefficient (Wildman–Crippen LogP) is 2.79. The van der Waals surface area contributed by atoms with Crippen molar-refractivity contribution in [3.8, 4) is 11.8 Å². The maximum Gasteiger partial charge on any atom is 0.240 e. The number of nitriles is 1. The molecule has 0 spiro atoms. The third-order valence-electron chi connectivity index (χ3n) is 3.94. The molecule has 0 bridgehead atoms. The van der Waals surface area contributed by atoms with Crippen LogP contribution in [-0.4, -0.2) is 13.0 Å². The lowest BCUT2D eigenvalue weighted by Crippen LogP contribution is -2.41. The van der Waals surface area contributed by atoms with Gasteiger partial charge in [-0.2, -0.15) is 5.26 Å². The highest BCUT2D eigenvalue weighted by Gasteiger charge is 2.39. The molecular weight excluding hydrogens is 252 g/mol. The molecule has 0 aromatic heterocycles. The van der Waals surface area contributed by atoms with E-state index in [2.05, 4.69) is 11.4 Å². The number of amides is 1. The number of carbonyl (C=O) groups is 1. The minimum Gasteiger partial charge on any atom is -0.497 e. The zero-order chi connectivity index (χ0) is 14.4. The minimum atomic E-state index is -0.822.